The molecule has 0 spiro atoms. The molecule has 0 saturated carbocycles. The maximum absolute atomic E-state index is 8.42. The molecule has 0 aliphatic heterocycles. The lowest BCUT2D eigenvalue weighted by molar-refractivity contribution is 1.22. The van der Waals surface area contributed by atoms with E-state index in [-0.39, 0.29) is 0 Å². The molecule has 2 rings (SSSR count). The second-order valence-corrected chi connectivity index (χ2v) is 3.21. The molecule has 0 radical (unpaired) electrons. The molecule has 82 valence electrons. The van der Waals surface area contributed by atoms with Crippen LogP contribution in [0.4, 0.5) is 17.1 Å². The fourth-order valence-corrected chi connectivity index (χ4v) is 1.29. The molecule has 17 heavy (non-hydrogen) atoms. The highest BCUT2D eigenvalue weighted by atomic mass is 15.2. The van der Waals surface area contributed by atoms with Crippen molar-refractivity contribution in [2.24, 2.45) is 15.3 Å². The van der Waals surface area contributed by atoms with Crippen molar-refractivity contribution in [3.05, 3.63) is 65.0 Å². The standard InChI is InChI=1S/C12H9N5/c13-17-16-12-9-5-4-8-11(12)15-14-10-6-2-1-3-7-10/h1-9H. The molecule has 0 bridgehead atoms. The molecule has 0 amide bonds. The van der Waals surface area contributed by atoms with Crippen LogP contribution in [0.1, 0.15) is 0 Å². The quantitative estimate of drug-likeness (QED) is 0.397. The van der Waals surface area contributed by atoms with E-state index < -0.39 is 0 Å². The Morgan fingerprint density at radius 3 is 2.12 bits per heavy atom. The maximum atomic E-state index is 8.42. The van der Waals surface area contributed by atoms with Crippen LogP contribution < -0.4 is 0 Å². The SMILES string of the molecule is [N-]=[N+]=Nc1ccccc1N=Nc1ccccc1. The van der Waals surface area contributed by atoms with Crippen molar-refractivity contribution in [2.45, 2.75) is 0 Å². The molecule has 5 heteroatoms. The van der Waals surface area contributed by atoms with Gasteiger partial charge in [-0.25, -0.2) is 0 Å². The molecule has 0 aliphatic rings. The Morgan fingerprint density at radius 2 is 1.41 bits per heavy atom. The van der Waals surface area contributed by atoms with Crippen molar-refractivity contribution in [1.82, 2.24) is 0 Å². The third-order valence-corrected chi connectivity index (χ3v) is 2.06. The van der Waals surface area contributed by atoms with E-state index in [1.165, 1.54) is 0 Å². The molecule has 2 aromatic rings. The second-order valence-electron chi connectivity index (χ2n) is 3.21. The van der Waals surface area contributed by atoms with Crippen molar-refractivity contribution >= 4 is 17.1 Å². The number of hydrogen-bond acceptors (Lipinski definition) is 3. The molecule has 0 unspecified atom stereocenters. The fraction of sp³-hybridized carbons (Fsp3) is 0. The van der Waals surface area contributed by atoms with Gasteiger partial charge in [0.25, 0.3) is 0 Å². The summed E-state index contributed by atoms with van der Waals surface area (Å²) < 4.78 is 0. The summed E-state index contributed by atoms with van der Waals surface area (Å²) in [5, 5.41) is 11.7. The molecule has 2 aromatic carbocycles. The minimum absolute atomic E-state index is 0.467. The van der Waals surface area contributed by atoms with Gasteiger partial charge in [0, 0.05) is 4.91 Å². The van der Waals surface area contributed by atoms with Crippen LogP contribution in [0, 0.1) is 0 Å². The summed E-state index contributed by atoms with van der Waals surface area (Å²) in [6, 6.07) is 16.4. The van der Waals surface area contributed by atoms with E-state index >= 15 is 0 Å². The van der Waals surface area contributed by atoms with Crippen molar-refractivity contribution < 1.29 is 0 Å². The van der Waals surface area contributed by atoms with E-state index in [9.17, 15) is 0 Å². The second kappa shape index (κ2) is 5.44. The molecule has 0 atom stereocenters. The van der Waals surface area contributed by atoms with Crippen LogP contribution in [-0.4, -0.2) is 0 Å². The summed E-state index contributed by atoms with van der Waals surface area (Å²) in [4.78, 5) is 2.74. The van der Waals surface area contributed by atoms with Gasteiger partial charge in [-0.1, -0.05) is 41.5 Å². The van der Waals surface area contributed by atoms with E-state index in [1.54, 1.807) is 18.2 Å². The van der Waals surface area contributed by atoms with Gasteiger partial charge in [0.15, 0.2) is 0 Å². The van der Waals surface area contributed by atoms with E-state index in [4.69, 9.17) is 5.53 Å². The number of azide groups is 1. The number of rotatable bonds is 3. The molecular weight excluding hydrogens is 214 g/mol. The van der Waals surface area contributed by atoms with Gasteiger partial charge < -0.3 is 0 Å². The van der Waals surface area contributed by atoms with Gasteiger partial charge in [0.1, 0.15) is 0 Å². The molecule has 0 N–H and O–H groups in total. The van der Waals surface area contributed by atoms with Crippen molar-refractivity contribution in [1.29, 1.82) is 0 Å². The minimum Gasteiger partial charge on any atom is -0.151 e. The van der Waals surface area contributed by atoms with E-state index in [1.807, 2.05) is 36.4 Å². The summed E-state index contributed by atoms with van der Waals surface area (Å²) in [6.07, 6.45) is 0. The van der Waals surface area contributed by atoms with Crippen LogP contribution in [-0.2, 0) is 0 Å². The Labute approximate surface area is 98.1 Å². The first-order valence-electron chi connectivity index (χ1n) is 5.01. The first-order valence-corrected chi connectivity index (χ1v) is 5.01. The topological polar surface area (TPSA) is 73.5 Å². The monoisotopic (exact) mass is 223 g/mol. The Bertz CT molecular complexity index is 570. The average Bonchev–Trinajstić information content (AvgIpc) is 2.39. The van der Waals surface area contributed by atoms with Gasteiger partial charge >= 0.3 is 0 Å². The van der Waals surface area contributed by atoms with Gasteiger partial charge in [0.2, 0.25) is 0 Å². The summed E-state index contributed by atoms with van der Waals surface area (Å²) in [5.41, 5.74) is 10.2. The number of azo groups is 1. The van der Waals surface area contributed by atoms with Crippen molar-refractivity contribution in [3.8, 4) is 0 Å². The molecule has 0 saturated heterocycles. The van der Waals surface area contributed by atoms with Crippen molar-refractivity contribution in [3.63, 3.8) is 0 Å². The van der Waals surface area contributed by atoms with Crippen LogP contribution in [0.2, 0.25) is 0 Å². The summed E-state index contributed by atoms with van der Waals surface area (Å²) >= 11 is 0. The minimum atomic E-state index is 0.467. The van der Waals surface area contributed by atoms with E-state index in [2.05, 4.69) is 20.3 Å². The van der Waals surface area contributed by atoms with Crippen LogP contribution in [0.5, 0.6) is 0 Å². The number of benzene rings is 2. The van der Waals surface area contributed by atoms with Crippen LogP contribution >= 0.6 is 0 Å². The van der Waals surface area contributed by atoms with Gasteiger partial charge in [-0.05, 0) is 23.7 Å². The zero-order valence-corrected chi connectivity index (χ0v) is 8.93. The molecule has 0 fully saturated rings. The molecule has 0 heterocycles. The molecule has 5 nitrogen and oxygen atoms in total. The zero-order chi connectivity index (χ0) is 11.9. The van der Waals surface area contributed by atoms with Gasteiger partial charge in [-0.2, -0.15) is 10.2 Å². The Kier molecular flexibility index (Phi) is 3.47. The smallest absolute Gasteiger partial charge is 0.0952 e. The largest absolute Gasteiger partial charge is 0.151 e. The highest BCUT2D eigenvalue weighted by Gasteiger charge is 1.96. The predicted octanol–water partition coefficient (Wildman–Crippen LogP) is 5.04. The first kappa shape index (κ1) is 10.9. The maximum Gasteiger partial charge on any atom is 0.0952 e. The normalized spacial score (nSPS) is 10.1. The zero-order valence-electron chi connectivity index (χ0n) is 8.93. The number of hydrogen-bond donors (Lipinski definition) is 0. The highest BCUT2D eigenvalue weighted by molar-refractivity contribution is 5.60. The van der Waals surface area contributed by atoms with Crippen LogP contribution in [0.15, 0.2) is 69.9 Å². The predicted molar refractivity (Wildman–Crippen MR) is 65.9 cm³/mol. The Hall–Kier alpha value is -2.65. The van der Waals surface area contributed by atoms with E-state index in [0.29, 0.717) is 11.4 Å². The molecule has 0 aliphatic carbocycles. The third-order valence-electron chi connectivity index (χ3n) is 2.06. The Morgan fingerprint density at radius 1 is 0.765 bits per heavy atom. The van der Waals surface area contributed by atoms with Crippen molar-refractivity contribution in [2.75, 3.05) is 0 Å². The fourth-order valence-electron chi connectivity index (χ4n) is 1.29. The molecular formula is C12H9N5. The summed E-state index contributed by atoms with van der Waals surface area (Å²) in [7, 11) is 0. The average molecular weight is 223 g/mol. The van der Waals surface area contributed by atoms with Gasteiger partial charge in [-0.3, -0.25) is 0 Å². The van der Waals surface area contributed by atoms with Gasteiger partial charge in [-0.15, -0.1) is 0 Å². The summed E-state index contributed by atoms with van der Waals surface area (Å²) in [5.74, 6) is 0. The lowest BCUT2D eigenvalue weighted by atomic mass is 10.3. The van der Waals surface area contributed by atoms with E-state index in [0.717, 1.165) is 5.69 Å². The summed E-state index contributed by atoms with van der Waals surface area (Å²) in [6.45, 7) is 0. The third kappa shape index (κ3) is 2.90. The van der Waals surface area contributed by atoms with Gasteiger partial charge in [0.05, 0.1) is 17.1 Å². The lowest BCUT2D eigenvalue weighted by Gasteiger charge is -1.96. The highest BCUT2D eigenvalue weighted by Crippen LogP contribution is 2.28. The first-order chi connectivity index (χ1) is 8.40. The Balaban J connectivity index is 2.30. The van der Waals surface area contributed by atoms with Crippen LogP contribution in [0.25, 0.3) is 10.4 Å². The number of nitrogens with zero attached hydrogens (tertiary/aromatic N) is 5. The van der Waals surface area contributed by atoms with Crippen LogP contribution in [0.3, 0.4) is 0 Å². The lowest BCUT2D eigenvalue weighted by Crippen LogP contribution is -1.66. The molecule has 0 aromatic heterocycles.